The Hall–Kier alpha value is -3.76. The molecule has 4 aromatic rings. The van der Waals surface area contributed by atoms with Gasteiger partial charge in [-0.1, -0.05) is 58.9 Å². The Bertz CT molecular complexity index is 1670. The molecule has 0 unspecified atom stereocenters. The number of halogens is 2. The Morgan fingerprint density at radius 2 is 1.98 bits per heavy atom. The van der Waals surface area contributed by atoms with Crippen molar-refractivity contribution in [1.82, 2.24) is 9.66 Å². The number of benzene rings is 3. The predicted octanol–water partition coefficient (Wildman–Crippen LogP) is 7.24. The van der Waals surface area contributed by atoms with E-state index in [1.165, 1.54) is 30.3 Å². The van der Waals surface area contributed by atoms with Gasteiger partial charge in [-0.25, -0.2) is 4.98 Å². The minimum absolute atomic E-state index is 0.0240. The number of rotatable bonds is 8. The first-order valence-corrected chi connectivity index (χ1v) is 14.0. The fraction of sp³-hybridized carbons (Fsp3) is 0.276. The van der Waals surface area contributed by atoms with Crippen molar-refractivity contribution in [2.75, 3.05) is 7.11 Å². The molecule has 0 radical (unpaired) electrons. The Balaban J connectivity index is 1.47. The van der Waals surface area contributed by atoms with Crippen LogP contribution in [0.25, 0.3) is 10.9 Å². The van der Waals surface area contributed by atoms with Crippen molar-refractivity contribution in [3.63, 3.8) is 0 Å². The summed E-state index contributed by atoms with van der Waals surface area (Å²) in [6.07, 6.45) is 6.83. The van der Waals surface area contributed by atoms with Gasteiger partial charge in [0.05, 0.1) is 34.2 Å². The molecule has 0 atom stereocenters. The molecule has 1 aliphatic carbocycles. The SMILES string of the molecule is COc1cc(C=Nn2c(C3CCCCC3)nc3ccc(Br)cc3c2=O)cc(Cl)c1OCc1cccc([N+](=O)[O-])c1. The zero-order chi connectivity index (χ0) is 28.2. The Kier molecular flexibility index (Phi) is 8.46. The number of ether oxygens (including phenoxy) is 2. The van der Waals surface area contributed by atoms with Crippen LogP contribution in [0.4, 0.5) is 5.69 Å². The first-order valence-electron chi connectivity index (χ1n) is 12.8. The molecule has 9 nitrogen and oxygen atoms in total. The summed E-state index contributed by atoms with van der Waals surface area (Å²) in [5.41, 5.74) is 1.60. The van der Waals surface area contributed by atoms with Crippen LogP contribution in [0.5, 0.6) is 11.5 Å². The number of nitrogens with zero attached hydrogens (tertiary/aromatic N) is 4. The van der Waals surface area contributed by atoms with Gasteiger partial charge in [-0.05, 0) is 54.3 Å². The molecule has 1 heterocycles. The number of nitro groups is 1. The number of hydrogen-bond donors (Lipinski definition) is 0. The molecule has 206 valence electrons. The van der Waals surface area contributed by atoms with Crippen molar-refractivity contribution in [1.29, 1.82) is 0 Å². The minimum atomic E-state index is -0.458. The Labute approximate surface area is 243 Å². The maximum Gasteiger partial charge on any atom is 0.282 e. The third-order valence-electron chi connectivity index (χ3n) is 6.88. The second kappa shape index (κ2) is 12.2. The second-order valence-corrected chi connectivity index (χ2v) is 10.9. The molecule has 5 rings (SSSR count). The number of fused-ring (bicyclic) bond motifs is 1. The highest BCUT2D eigenvalue weighted by Crippen LogP contribution is 2.37. The van der Waals surface area contributed by atoms with Crippen molar-refractivity contribution in [2.24, 2.45) is 5.10 Å². The van der Waals surface area contributed by atoms with E-state index in [0.717, 1.165) is 30.2 Å². The lowest BCUT2D eigenvalue weighted by Crippen LogP contribution is -2.25. The van der Waals surface area contributed by atoms with E-state index in [1.807, 2.05) is 12.1 Å². The van der Waals surface area contributed by atoms with Gasteiger partial charge in [0.15, 0.2) is 11.5 Å². The van der Waals surface area contributed by atoms with E-state index in [1.54, 1.807) is 36.5 Å². The van der Waals surface area contributed by atoms with E-state index >= 15 is 0 Å². The zero-order valence-electron chi connectivity index (χ0n) is 21.7. The molecule has 0 spiro atoms. The molecule has 40 heavy (non-hydrogen) atoms. The van der Waals surface area contributed by atoms with Gasteiger partial charge in [0.1, 0.15) is 12.4 Å². The van der Waals surface area contributed by atoms with Crippen LogP contribution in [-0.4, -0.2) is 27.9 Å². The van der Waals surface area contributed by atoms with E-state index in [2.05, 4.69) is 21.0 Å². The fourth-order valence-electron chi connectivity index (χ4n) is 4.90. The summed E-state index contributed by atoms with van der Waals surface area (Å²) in [4.78, 5) is 29.1. The van der Waals surface area contributed by atoms with Crippen LogP contribution < -0.4 is 15.0 Å². The smallest absolute Gasteiger partial charge is 0.282 e. The first kappa shape index (κ1) is 27.8. The van der Waals surface area contributed by atoms with Gasteiger partial charge in [-0.3, -0.25) is 14.9 Å². The number of nitro benzene ring substituents is 1. The first-order chi connectivity index (χ1) is 19.3. The van der Waals surface area contributed by atoms with Crippen LogP contribution in [-0.2, 0) is 6.61 Å². The number of methoxy groups -OCH3 is 1. The Morgan fingerprint density at radius 3 is 2.73 bits per heavy atom. The zero-order valence-corrected chi connectivity index (χ0v) is 24.0. The average Bonchev–Trinajstić information content (AvgIpc) is 2.96. The van der Waals surface area contributed by atoms with Crippen LogP contribution >= 0.6 is 27.5 Å². The summed E-state index contributed by atoms with van der Waals surface area (Å²) in [6.45, 7) is 0.0592. The van der Waals surface area contributed by atoms with E-state index < -0.39 is 4.92 Å². The Morgan fingerprint density at radius 1 is 1.18 bits per heavy atom. The van der Waals surface area contributed by atoms with Gasteiger partial charge in [0, 0.05) is 22.5 Å². The highest BCUT2D eigenvalue weighted by Gasteiger charge is 2.23. The van der Waals surface area contributed by atoms with Crippen molar-refractivity contribution >= 4 is 50.3 Å². The maximum atomic E-state index is 13.6. The van der Waals surface area contributed by atoms with Crippen LogP contribution in [0.3, 0.4) is 0 Å². The molecule has 0 aliphatic heterocycles. The molecule has 0 saturated heterocycles. The van der Waals surface area contributed by atoms with Gasteiger partial charge in [0.2, 0.25) is 0 Å². The van der Waals surface area contributed by atoms with E-state index in [-0.39, 0.29) is 28.8 Å². The van der Waals surface area contributed by atoms with Crippen LogP contribution in [0.1, 0.15) is 55.0 Å². The number of hydrogen-bond acceptors (Lipinski definition) is 7. The summed E-state index contributed by atoms with van der Waals surface area (Å²) in [5.74, 6) is 1.46. The molecule has 0 amide bonds. The summed E-state index contributed by atoms with van der Waals surface area (Å²) >= 11 is 10.0. The fourth-order valence-corrected chi connectivity index (χ4v) is 5.53. The average molecular weight is 626 g/mol. The monoisotopic (exact) mass is 624 g/mol. The predicted molar refractivity (Wildman–Crippen MR) is 158 cm³/mol. The van der Waals surface area contributed by atoms with Gasteiger partial charge in [-0.2, -0.15) is 9.78 Å². The van der Waals surface area contributed by atoms with Gasteiger partial charge < -0.3 is 9.47 Å². The summed E-state index contributed by atoms with van der Waals surface area (Å²) in [5, 5.41) is 16.4. The molecule has 1 aliphatic rings. The summed E-state index contributed by atoms with van der Waals surface area (Å²) in [6, 6.07) is 15.0. The second-order valence-electron chi connectivity index (χ2n) is 9.58. The molecular formula is C29H26BrClN4O5. The molecular weight excluding hydrogens is 600 g/mol. The number of aromatic nitrogens is 2. The lowest BCUT2D eigenvalue weighted by molar-refractivity contribution is -0.384. The lowest BCUT2D eigenvalue weighted by atomic mass is 9.88. The molecule has 1 fully saturated rings. The lowest BCUT2D eigenvalue weighted by Gasteiger charge is -2.22. The van der Waals surface area contributed by atoms with Crippen molar-refractivity contribution in [3.8, 4) is 11.5 Å². The molecule has 0 N–H and O–H groups in total. The number of non-ortho nitro benzene ring substituents is 1. The molecule has 3 aromatic carbocycles. The molecule has 0 bridgehead atoms. The summed E-state index contributed by atoms with van der Waals surface area (Å²) < 4.78 is 13.6. The van der Waals surface area contributed by atoms with Crippen LogP contribution in [0.2, 0.25) is 5.02 Å². The van der Waals surface area contributed by atoms with Gasteiger partial charge in [0.25, 0.3) is 11.2 Å². The van der Waals surface area contributed by atoms with E-state index in [4.69, 9.17) is 26.1 Å². The minimum Gasteiger partial charge on any atom is -0.493 e. The standard InChI is InChI=1S/C29H26BrClN4O5/c1-39-26-14-19(13-24(31)27(26)40-17-18-6-5-9-22(12-18)35(37)38)16-32-34-28(20-7-3-2-4-8-20)33-25-11-10-21(30)15-23(25)29(34)36/h5-6,9-16,20H,2-4,7-8,17H2,1H3. The topological polar surface area (TPSA) is 109 Å². The normalized spacial score (nSPS) is 14.1. The quantitative estimate of drug-likeness (QED) is 0.116. The molecule has 1 aromatic heterocycles. The van der Waals surface area contributed by atoms with Crippen molar-refractivity contribution in [3.05, 3.63) is 102 Å². The largest absolute Gasteiger partial charge is 0.493 e. The molecule has 1 saturated carbocycles. The van der Waals surface area contributed by atoms with Crippen molar-refractivity contribution in [2.45, 2.75) is 44.6 Å². The van der Waals surface area contributed by atoms with Crippen LogP contribution in [0.15, 0.2) is 69.0 Å². The summed E-state index contributed by atoms with van der Waals surface area (Å²) in [7, 11) is 1.49. The van der Waals surface area contributed by atoms with Crippen molar-refractivity contribution < 1.29 is 14.4 Å². The maximum absolute atomic E-state index is 13.6. The van der Waals surface area contributed by atoms with E-state index in [0.29, 0.717) is 39.4 Å². The van der Waals surface area contributed by atoms with Crippen LogP contribution in [0, 0.1) is 10.1 Å². The van der Waals surface area contributed by atoms with Gasteiger partial charge in [-0.15, -0.1) is 0 Å². The third-order valence-corrected chi connectivity index (χ3v) is 7.66. The van der Waals surface area contributed by atoms with E-state index in [9.17, 15) is 14.9 Å². The highest BCUT2D eigenvalue weighted by atomic mass is 79.9. The molecule has 11 heteroatoms. The third kappa shape index (κ3) is 6.03. The highest BCUT2D eigenvalue weighted by molar-refractivity contribution is 9.10. The van der Waals surface area contributed by atoms with Gasteiger partial charge >= 0.3 is 0 Å².